The Morgan fingerprint density at radius 1 is 1.10 bits per heavy atom. The molecule has 4 heteroatoms. The van der Waals surface area contributed by atoms with E-state index >= 15 is 0 Å². The molecular formula is C17H16N2S2. The summed E-state index contributed by atoms with van der Waals surface area (Å²) >= 11 is 3.56. The van der Waals surface area contributed by atoms with E-state index in [-0.39, 0.29) is 0 Å². The number of rotatable bonds is 5. The van der Waals surface area contributed by atoms with Crippen LogP contribution in [0.4, 0.5) is 0 Å². The van der Waals surface area contributed by atoms with E-state index < -0.39 is 0 Å². The monoisotopic (exact) mass is 312 g/mol. The highest BCUT2D eigenvalue weighted by Gasteiger charge is 2.22. The molecule has 106 valence electrons. The van der Waals surface area contributed by atoms with Crippen LogP contribution in [0.25, 0.3) is 20.3 Å². The highest BCUT2D eigenvalue weighted by molar-refractivity contribution is 7.23. The lowest BCUT2D eigenvalue weighted by Gasteiger charge is -2.03. The third kappa shape index (κ3) is 2.93. The molecule has 0 amide bonds. The van der Waals surface area contributed by atoms with Crippen LogP contribution in [0.3, 0.4) is 0 Å². The van der Waals surface area contributed by atoms with Gasteiger partial charge in [0, 0.05) is 12.6 Å². The van der Waals surface area contributed by atoms with Crippen molar-refractivity contribution >= 4 is 22.7 Å². The van der Waals surface area contributed by atoms with Gasteiger partial charge < -0.3 is 5.32 Å². The number of hydrogen-bond donors (Lipinski definition) is 1. The van der Waals surface area contributed by atoms with Gasteiger partial charge in [-0.3, -0.25) is 0 Å². The molecule has 1 aliphatic rings. The Kier molecular flexibility index (Phi) is 3.59. The molecule has 0 saturated heterocycles. The van der Waals surface area contributed by atoms with Crippen LogP contribution in [0, 0.1) is 0 Å². The summed E-state index contributed by atoms with van der Waals surface area (Å²) in [7, 11) is 0. The predicted molar refractivity (Wildman–Crippen MR) is 90.7 cm³/mol. The summed E-state index contributed by atoms with van der Waals surface area (Å²) < 4.78 is 0. The normalized spacial score (nSPS) is 14.5. The average molecular weight is 312 g/mol. The quantitative estimate of drug-likeness (QED) is 0.732. The van der Waals surface area contributed by atoms with Crippen LogP contribution in [0.5, 0.6) is 0 Å². The fraction of sp³-hybridized carbons (Fsp3) is 0.235. The summed E-state index contributed by atoms with van der Waals surface area (Å²) in [5.74, 6) is 0. The van der Waals surface area contributed by atoms with E-state index in [1.807, 2.05) is 0 Å². The van der Waals surface area contributed by atoms with Gasteiger partial charge in [-0.1, -0.05) is 36.4 Å². The van der Waals surface area contributed by atoms with Crippen LogP contribution in [0.2, 0.25) is 0 Å². The van der Waals surface area contributed by atoms with Gasteiger partial charge >= 0.3 is 0 Å². The number of hydrogen-bond acceptors (Lipinski definition) is 4. The summed E-state index contributed by atoms with van der Waals surface area (Å²) in [5.41, 5.74) is 2.45. The molecule has 0 unspecified atom stereocenters. The second-order valence-electron chi connectivity index (χ2n) is 5.29. The Morgan fingerprint density at radius 3 is 2.67 bits per heavy atom. The first kappa shape index (κ1) is 13.2. The van der Waals surface area contributed by atoms with Gasteiger partial charge in [0.05, 0.1) is 15.4 Å². The first-order chi connectivity index (χ1) is 10.4. The first-order valence-corrected chi connectivity index (χ1v) is 8.92. The van der Waals surface area contributed by atoms with Crippen LogP contribution >= 0.6 is 22.7 Å². The van der Waals surface area contributed by atoms with E-state index in [2.05, 4.69) is 53.2 Å². The lowest BCUT2D eigenvalue weighted by Crippen LogP contribution is -2.16. The van der Waals surface area contributed by atoms with Crippen molar-refractivity contribution in [1.82, 2.24) is 10.3 Å². The predicted octanol–water partition coefficient (Wildman–Crippen LogP) is 4.79. The molecule has 2 aromatic heterocycles. The molecular weight excluding hydrogens is 296 g/mol. The standard InChI is InChI=1S/C17H16N2S2/c1-2-5-12(6-3-1)16-14(11-18-13-8-9-13)19-17(21-16)15-7-4-10-20-15/h1-7,10,13,18H,8-9,11H2. The zero-order valence-electron chi connectivity index (χ0n) is 11.6. The second kappa shape index (κ2) is 5.72. The maximum absolute atomic E-state index is 4.90. The lowest BCUT2D eigenvalue weighted by molar-refractivity contribution is 0.678. The summed E-state index contributed by atoms with van der Waals surface area (Å²) in [6.45, 7) is 0.872. The Hall–Kier alpha value is -1.49. The molecule has 0 radical (unpaired) electrons. The molecule has 2 nitrogen and oxygen atoms in total. The molecule has 0 atom stereocenters. The van der Waals surface area contributed by atoms with Crippen LogP contribution in [0.15, 0.2) is 47.8 Å². The van der Waals surface area contributed by atoms with Crippen LogP contribution < -0.4 is 5.32 Å². The van der Waals surface area contributed by atoms with Gasteiger partial charge in [0.25, 0.3) is 0 Å². The van der Waals surface area contributed by atoms with Crippen LogP contribution in [-0.4, -0.2) is 11.0 Å². The molecule has 1 saturated carbocycles. The minimum Gasteiger partial charge on any atom is -0.308 e. The molecule has 0 aliphatic heterocycles. The summed E-state index contributed by atoms with van der Waals surface area (Å²) in [6, 6.07) is 15.5. The van der Waals surface area contributed by atoms with Gasteiger partial charge in [0.1, 0.15) is 5.01 Å². The minimum absolute atomic E-state index is 0.709. The third-order valence-electron chi connectivity index (χ3n) is 3.60. The lowest BCUT2D eigenvalue weighted by atomic mass is 10.1. The molecule has 1 aliphatic carbocycles. The van der Waals surface area contributed by atoms with Crippen molar-refractivity contribution in [2.24, 2.45) is 0 Å². The van der Waals surface area contributed by atoms with E-state index in [9.17, 15) is 0 Å². The molecule has 0 bridgehead atoms. The molecule has 0 spiro atoms. The zero-order valence-corrected chi connectivity index (χ0v) is 13.2. The van der Waals surface area contributed by atoms with Crippen molar-refractivity contribution in [3.63, 3.8) is 0 Å². The number of nitrogens with one attached hydrogen (secondary N) is 1. The van der Waals surface area contributed by atoms with Gasteiger partial charge in [-0.15, -0.1) is 22.7 Å². The second-order valence-corrected chi connectivity index (χ2v) is 7.24. The van der Waals surface area contributed by atoms with Gasteiger partial charge in [-0.25, -0.2) is 4.98 Å². The fourth-order valence-corrected chi connectivity index (χ4v) is 4.20. The van der Waals surface area contributed by atoms with Crippen molar-refractivity contribution in [2.45, 2.75) is 25.4 Å². The maximum atomic E-state index is 4.90. The largest absolute Gasteiger partial charge is 0.308 e. The van der Waals surface area contributed by atoms with Gasteiger partial charge in [-0.2, -0.15) is 0 Å². The van der Waals surface area contributed by atoms with Crippen molar-refractivity contribution in [1.29, 1.82) is 0 Å². The van der Waals surface area contributed by atoms with E-state index in [1.165, 1.54) is 33.9 Å². The van der Waals surface area contributed by atoms with E-state index in [4.69, 9.17) is 4.98 Å². The molecule has 4 rings (SSSR count). The van der Waals surface area contributed by atoms with Gasteiger partial charge in [-0.05, 0) is 29.9 Å². The summed E-state index contributed by atoms with van der Waals surface area (Å²) in [5, 5.41) is 6.84. The third-order valence-corrected chi connectivity index (χ3v) is 5.79. The van der Waals surface area contributed by atoms with Crippen molar-refractivity contribution in [2.75, 3.05) is 0 Å². The smallest absolute Gasteiger partial charge is 0.134 e. The summed E-state index contributed by atoms with van der Waals surface area (Å²) in [6.07, 6.45) is 2.62. The molecule has 21 heavy (non-hydrogen) atoms. The number of thiazole rings is 1. The minimum atomic E-state index is 0.709. The van der Waals surface area contributed by atoms with Crippen molar-refractivity contribution < 1.29 is 0 Å². The van der Waals surface area contributed by atoms with E-state index in [1.54, 1.807) is 22.7 Å². The molecule has 3 aromatic rings. The Balaban J connectivity index is 1.71. The van der Waals surface area contributed by atoms with E-state index in [0.717, 1.165) is 11.6 Å². The number of benzene rings is 1. The highest BCUT2D eigenvalue weighted by Crippen LogP contribution is 2.37. The molecule has 2 heterocycles. The van der Waals surface area contributed by atoms with Gasteiger partial charge in [0.15, 0.2) is 0 Å². The number of aromatic nitrogens is 1. The molecule has 1 aromatic carbocycles. The average Bonchev–Trinajstić information content (AvgIpc) is 3.03. The number of nitrogens with zero attached hydrogens (tertiary/aromatic N) is 1. The Bertz CT molecular complexity index is 713. The Morgan fingerprint density at radius 2 is 1.95 bits per heavy atom. The van der Waals surface area contributed by atoms with E-state index in [0.29, 0.717) is 6.04 Å². The van der Waals surface area contributed by atoms with Crippen LogP contribution in [0.1, 0.15) is 18.5 Å². The Labute approximate surface area is 132 Å². The van der Waals surface area contributed by atoms with Crippen molar-refractivity contribution in [3.8, 4) is 20.3 Å². The molecule has 1 N–H and O–H groups in total. The zero-order chi connectivity index (χ0) is 14.1. The van der Waals surface area contributed by atoms with Gasteiger partial charge in [0.2, 0.25) is 0 Å². The first-order valence-electron chi connectivity index (χ1n) is 7.22. The molecule has 1 fully saturated rings. The highest BCUT2D eigenvalue weighted by atomic mass is 32.1. The fourth-order valence-electron chi connectivity index (χ4n) is 2.32. The van der Waals surface area contributed by atoms with Crippen molar-refractivity contribution in [3.05, 3.63) is 53.5 Å². The van der Waals surface area contributed by atoms with Crippen LogP contribution in [-0.2, 0) is 6.54 Å². The topological polar surface area (TPSA) is 24.9 Å². The number of thiophene rings is 1. The maximum Gasteiger partial charge on any atom is 0.134 e. The summed E-state index contributed by atoms with van der Waals surface area (Å²) in [4.78, 5) is 7.45. The SMILES string of the molecule is c1ccc(-c2sc(-c3cccs3)nc2CNC2CC2)cc1.